The van der Waals surface area contributed by atoms with Crippen LogP contribution in [-0.2, 0) is 11.2 Å². The van der Waals surface area contributed by atoms with Crippen molar-refractivity contribution in [1.29, 1.82) is 0 Å². The Morgan fingerprint density at radius 2 is 2.19 bits per heavy atom. The number of carbonyl (C=O) groups is 1. The number of ketones is 1. The third-order valence-corrected chi connectivity index (χ3v) is 6.71. The molecular weight excluding hydrogens is 256 g/mol. The van der Waals surface area contributed by atoms with E-state index in [4.69, 9.17) is 0 Å². The second-order valence-corrected chi connectivity index (χ2v) is 7.45. The topological polar surface area (TPSA) is 17.1 Å². The third kappa shape index (κ3) is 1.86. The van der Waals surface area contributed by atoms with E-state index in [1.165, 1.54) is 24.8 Å². The maximum atomic E-state index is 12.6. The van der Waals surface area contributed by atoms with Crippen LogP contribution in [0.5, 0.6) is 0 Å². The lowest BCUT2D eigenvalue weighted by Gasteiger charge is -2.49. The zero-order valence-corrected chi connectivity index (χ0v) is 13.0. The first-order valence-electron chi connectivity index (χ1n) is 8.78. The van der Waals surface area contributed by atoms with E-state index in [0.717, 1.165) is 38.0 Å². The quantitative estimate of drug-likeness (QED) is 0.768. The Morgan fingerprint density at radius 3 is 3.05 bits per heavy atom. The van der Waals surface area contributed by atoms with Gasteiger partial charge in [-0.1, -0.05) is 31.5 Å². The maximum Gasteiger partial charge on any atom is 0.139 e. The number of carbonyl (C=O) groups excluding carboxylic acids is 1. The lowest BCUT2D eigenvalue weighted by molar-refractivity contribution is -0.131. The van der Waals surface area contributed by atoms with Gasteiger partial charge in [0.2, 0.25) is 0 Å². The number of fused-ring (bicyclic) bond motifs is 5. The molecule has 0 N–H and O–H groups in total. The van der Waals surface area contributed by atoms with Crippen LogP contribution >= 0.6 is 0 Å². The van der Waals surface area contributed by atoms with Crippen LogP contribution in [0.25, 0.3) is 0 Å². The molecule has 4 atom stereocenters. The third-order valence-electron chi connectivity index (χ3n) is 6.71. The lowest BCUT2D eigenvalue weighted by atomic mass is 9.54. The first-order chi connectivity index (χ1) is 10.3. The fraction of sp³-hybridized carbons (Fsp3) is 0.650. The van der Waals surface area contributed by atoms with E-state index in [9.17, 15) is 4.79 Å². The molecule has 0 saturated heterocycles. The summed E-state index contributed by atoms with van der Waals surface area (Å²) in [7, 11) is 0. The van der Waals surface area contributed by atoms with Crippen molar-refractivity contribution in [2.75, 3.05) is 0 Å². The molecule has 1 aromatic rings. The van der Waals surface area contributed by atoms with Gasteiger partial charge in [-0.05, 0) is 73.5 Å². The number of hydrogen-bond acceptors (Lipinski definition) is 1. The van der Waals surface area contributed by atoms with Crippen LogP contribution in [0, 0.1) is 23.3 Å². The van der Waals surface area contributed by atoms with Crippen LogP contribution in [0.15, 0.2) is 18.2 Å². The largest absolute Gasteiger partial charge is 0.299 e. The van der Waals surface area contributed by atoms with E-state index in [-0.39, 0.29) is 5.41 Å². The molecular formula is C20H25O. The highest BCUT2D eigenvalue weighted by Gasteiger charge is 2.56. The van der Waals surface area contributed by atoms with Crippen LogP contribution in [0.4, 0.5) is 0 Å². The average molecular weight is 281 g/mol. The van der Waals surface area contributed by atoms with Crippen molar-refractivity contribution in [2.24, 2.45) is 17.3 Å². The van der Waals surface area contributed by atoms with Gasteiger partial charge in [-0.2, -0.15) is 0 Å². The molecule has 4 rings (SSSR count). The molecule has 1 radical (unpaired) electrons. The number of benzene rings is 1. The van der Waals surface area contributed by atoms with Crippen molar-refractivity contribution in [1.82, 2.24) is 0 Å². The Morgan fingerprint density at radius 1 is 1.29 bits per heavy atom. The van der Waals surface area contributed by atoms with Gasteiger partial charge in [0, 0.05) is 11.8 Å². The van der Waals surface area contributed by atoms with Crippen molar-refractivity contribution < 1.29 is 4.79 Å². The first kappa shape index (κ1) is 13.5. The highest BCUT2D eigenvalue weighted by Crippen LogP contribution is 2.61. The summed E-state index contributed by atoms with van der Waals surface area (Å²) in [6.07, 6.45) is 9.16. The molecule has 0 spiro atoms. The smallest absolute Gasteiger partial charge is 0.139 e. The minimum absolute atomic E-state index is 0.0638. The summed E-state index contributed by atoms with van der Waals surface area (Å²) < 4.78 is 0. The van der Waals surface area contributed by atoms with Crippen molar-refractivity contribution in [2.45, 2.75) is 64.2 Å². The summed E-state index contributed by atoms with van der Waals surface area (Å²) in [6.45, 7) is 2.25. The highest BCUT2D eigenvalue weighted by atomic mass is 16.1. The standard InChI is InChI=1S/C20H25O/c1-2-12-20-13-11-16-15-6-4-3-5-14(15)7-8-17(16)18(20)9-10-19(20)21/h4-6,16-18H,2,7-13H2,1H3/t16-,17-,18+,20+/m1/s1. The van der Waals surface area contributed by atoms with Crippen molar-refractivity contribution in [3.05, 3.63) is 35.4 Å². The highest BCUT2D eigenvalue weighted by molar-refractivity contribution is 5.87. The number of Topliss-reactive ketones (excluding diaryl/α,β-unsaturated/α-hetero) is 1. The molecule has 0 aliphatic heterocycles. The van der Waals surface area contributed by atoms with Crippen LogP contribution in [0.2, 0.25) is 0 Å². The lowest BCUT2D eigenvalue weighted by Crippen LogP contribution is -2.44. The minimum Gasteiger partial charge on any atom is -0.299 e. The molecule has 0 bridgehead atoms. The van der Waals surface area contributed by atoms with Gasteiger partial charge in [0.25, 0.3) is 0 Å². The van der Waals surface area contributed by atoms with E-state index in [1.807, 2.05) is 0 Å². The molecule has 0 heterocycles. The molecule has 3 aliphatic carbocycles. The van der Waals surface area contributed by atoms with Gasteiger partial charge in [0.15, 0.2) is 0 Å². The van der Waals surface area contributed by atoms with Gasteiger partial charge in [-0.15, -0.1) is 0 Å². The zero-order valence-electron chi connectivity index (χ0n) is 13.0. The fourth-order valence-electron chi connectivity index (χ4n) is 5.94. The van der Waals surface area contributed by atoms with Crippen LogP contribution in [0.1, 0.15) is 68.9 Å². The SMILES string of the molecule is CCC[C@]12CC[C@@H]3c4cc[c]cc4CC[C@H]3[C@@H]1CCC2=O. The molecule has 3 aliphatic rings. The van der Waals surface area contributed by atoms with Gasteiger partial charge in [-0.3, -0.25) is 4.79 Å². The van der Waals surface area contributed by atoms with Gasteiger partial charge in [-0.25, -0.2) is 0 Å². The van der Waals surface area contributed by atoms with Gasteiger partial charge >= 0.3 is 0 Å². The predicted molar refractivity (Wildman–Crippen MR) is 84.1 cm³/mol. The normalized spacial score (nSPS) is 37.8. The summed E-state index contributed by atoms with van der Waals surface area (Å²) in [4.78, 5) is 12.6. The molecule has 2 fully saturated rings. The van der Waals surface area contributed by atoms with Gasteiger partial charge in [0.1, 0.15) is 5.78 Å². The molecule has 0 aromatic heterocycles. The van der Waals surface area contributed by atoms with Crippen LogP contribution < -0.4 is 0 Å². The Balaban J connectivity index is 1.71. The van der Waals surface area contributed by atoms with E-state index in [2.05, 4.69) is 31.2 Å². The molecule has 111 valence electrons. The molecule has 1 heteroatoms. The van der Waals surface area contributed by atoms with Crippen molar-refractivity contribution >= 4 is 5.78 Å². The maximum absolute atomic E-state index is 12.6. The molecule has 21 heavy (non-hydrogen) atoms. The summed E-state index contributed by atoms with van der Waals surface area (Å²) >= 11 is 0. The Kier molecular flexibility index (Phi) is 3.20. The fourth-order valence-corrected chi connectivity index (χ4v) is 5.94. The number of hydrogen-bond donors (Lipinski definition) is 0. The monoisotopic (exact) mass is 281 g/mol. The van der Waals surface area contributed by atoms with Gasteiger partial charge < -0.3 is 0 Å². The second kappa shape index (κ2) is 4.97. The Hall–Kier alpha value is -1.11. The predicted octanol–water partition coefficient (Wildman–Crippen LogP) is 4.69. The Bertz CT molecular complexity index is 561. The van der Waals surface area contributed by atoms with E-state index in [1.54, 1.807) is 5.56 Å². The van der Waals surface area contributed by atoms with E-state index in [0.29, 0.717) is 17.6 Å². The van der Waals surface area contributed by atoms with E-state index < -0.39 is 0 Å². The summed E-state index contributed by atoms with van der Waals surface area (Å²) in [6, 6.07) is 9.82. The molecule has 1 nitrogen and oxygen atoms in total. The summed E-state index contributed by atoms with van der Waals surface area (Å²) in [5.41, 5.74) is 3.16. The van der Waals surface area contributed by atoms with Crippen LogP contribution in [0.3, 0.4) is 0 Å². The Labute approximate surface area is 128 Å². The minimum atomic E-state index is 0.0638. The summed E-state index contributed by atoms with van der Waals surface area (Å²) in [5.74, 6) is 2.73. The molecule has 0 amide bonds. The summed E-state index contributed by atoms with van der Waals surface area (Å²) in [5, 5.41) is 0. The van der Waals surface area contributed by atoms with E-state index >= 15 is 0 Å². The number of rotatable bonds is 2. The van der Waals surface area contributed by atoms with Crippen molar-refractivity contribution in [3.8, 4) is 0 Å². The molecule has 1 aromatic carbocycles. The molecule has 2 saturated carbocycles. The zero-order chi connectivity index (χ0) is 14.4. The van der Waals surface area contributed by atoms with Gasteiger partial charge in [0.05, 0.1) is 0 Å². The second-order valence-electron chi connectivity index (χ2n) is 7.45. The average Bonchev–Trinajstić information content (AvgIpc) is 2.85. The first-order valence-corrected chi connectivity index (χ1v) is 8.78. The van der Waals surface area contributed by atoms with Crippen molar-refractivity contribution in [3.63, 3.8) is 0 Å². The molecule has 0 unspecified atom stereocenters. The van der Waals surface area contributed by atoms with Crippen LogP contribution in [-0.4, -0.2) is 5.78 Å². The number of aryl methyl sites for hydroxylation is 1.